The smallest absolute Gasteiger partial charge is 0.146 e. The fourth-order valence-corrected chi connectivity index (χ4v) is 0.715. The number of ether oxygens (including phenoxy) is 2. The fourth-order valence-electron chi connectivity index (χ4n) is 0.715. The minimum atomic E-state index is -0.430. The molecule has 0 aliphatic heterocycles. The van der Waals surface area contributed by atoms with E-state index in [2.05, 4.69) is 16.6 Å². The van der Waals surface area contributed by atoms with Crippen molar-refractivity contribution in [3.05, 3.63) is 0 Å². The molecule has 12 heavy (non-hydrogen) atoms. The second-order valence-corrected chi connectivity index (χ2v) is 2.40. The first-order chi connectivity index (χ1) is 5.81. The van der Waals surface area contributed by atoms with Gasteiger partial charge in [-0.05, 0) is 13.3 Å². The number of hydrogen-bond donors (Lipinski definition) is 1. The summed E-state index contributed by atoms with van der Waals surface area (Å²) in [6.07, 6.45) is 0.944. The molecule has 0 bridgehead atoms. The van der Waals surface area contributed by atoms with E-state index in [1.807, 2.05) is 0 Å². The first kappa shape index (κ1) is 11.4. The molecule has 0 aliphatic carbocycles. The van der Waals surface area contributed by atoms with Crippen LogP contribution in [0.15, 0.2) is 0 Å². The molecule has 0 amide bonds. The lowest BCUT2D eigenvalue weighted by Gasteiger charge is -2.08. The van der Waals surface area contributed by atoms with Gasteiger partial charge in [-0.1, -0.05) is 0 Å². The van der Waals surface area contributed by atoms with Crippen molar-refractivity contribution < 1.29 is 14.6 Å². The Hall–Kier alpha value is -0.560. The fraction of sp³-hybridized carbons (Fsp3) is 0.778. The van der Waals surface area contributed by atoms with E-state index in [1.54, 1.807) is 14.0 Å². The monoisotopic (exact) mass is 172 g/mol. The lowest BCUT2D eigenvalue weighted by molar-refractivity contribution is -0.0623. The lowest BCUT2D eigenvalue weighted by atomic mass is 10.2. The van der Waals surface area contributed by atoms with Crippen LogP contribution in [0.4, 0.5) is 0 Å². The van der Waals surface area contributed by atoms with Crippen molar-refractivity contribution in [3.8, 4) is 11.8 Å². The minimum Gasteiger partial charge on any atom is -0.391 e. The van der Waals surface area contributed by atoms with Crippen molar-refractivity contribution in [1.29, 1.82) is 0 Å². The SMILES string of the molecule is CC#CCC[C@H](O)COCOC. The van der Waals surface area contributed by atoms with Crippen molar-refractivity contribution in [2.24, 2.45) is 0 Å². The zero-order valence-corrected chi connectivity index (χ0v) is 7.67. The zero-order chi connectivity index (χ0) is 9.23. The number of aliphatic hydroxyl groups is 1. The van der Waals surface area contributed by atoms with Crippen LogP contribution in [0.3, 0.4) is 0 Å². The summed E-state index contributed by atoms with van der Waals surface area (Å²) < 4.78 is 9.61. The first-order valence-electron chi connectivity index (χ1n) is 3.95. The Kier molecular flexibility index (Phi) is 8.14. The van der Waals surface area contributed by atoms with Crippen LogP contribution in [0, 0.1) is 11.8 Å². The molecule has 3 heteroatoms. The van der Waals surface area contributed by atoms with Crippen LogP contribution in [0.2, 0.25) is 0 Å². The molecule has 3 nitrogen and oxygen atoms in total. The summed E-state index contributed by atoms with van der Waals surface area (Å²) >= 11 is 0. The molecule has 0 aromatic carbocycles. The summed E-state index contributed by atoms with van der Waals surface area (Å²) in [6.45, 7) is 2.34. The highest BCUT2D eigenvalue weighted by atomic mass is 16.7. The molecule has 0 heterocycles. The number of rotatable bonds is 6. The van der Waals surface area contributed by atoms with Crippen molar-refractivity contribution in [1.82, 2.24) is 0 Å². The zero-order valence-electron chi connectivity index (χ0n) is 7.67. The van der Waals surface area contributed by atoms with E-state index >= 15 is 0 Å². The molecule has 0 spiro atoms. The normalized spacial score (nSPS) is 11.9. The Balaban J connectivity index is 3.19. The third-order valence-corrected chi connectivity index (χ3v) is 1.29. The summed E-state index contributed by atoms with van der Waals surface area (Å²) in [5, 5.41) is 9.25. The average molecular weight is 172 g/mol. The van der Waals surface area contributed by atoms with Gasteiger partial charge in [-0.25, -0.2) is 0 Å². The second-order valence-electron chi connectivity index (χ2n) is 2.40. The van der Waals surface area contributed by atoms with Crippen LogP contribution in [-0.2, 0) is 9.47 Å². The van der Waals surface area contributed by atoms with Gasteiger partial charge >= 0.3 is 0 Å². The van der Waals surface area contributed by atoms with Crippen molar-refractivity contribution >= 4 is 0 Å². The van der Waals surface area contributed by atoms with E-state index in [4.69, 9.17) is 4.74 Å². The maximum Gasteiger partial charge on any atom is 0.146 e. The predicted molar refractivity (Wildman–Crippen MR) is 46.5 cm³/mol. The third kappa shape index (κ3) is 7.55. The van der Waals surface area contributed by atoms with Gasteiger partial charge in [-0.2, -0.15) is 0 Å². The molecular weight excluding hydrogens is 156 g/mol. The van der Waals surface area contributed by atoms with Gasteiger partial charge < -0.3 is 14.6 Å². The molecule has 0 aliphatic rings. The topological polar surface area (TPSA) is 38.7 Å². The molecule has 0 aromatic rings. The largest absolute Gasteiger partial charge is 0.391 e. The lowest BCUT2D eigenvalue weighted by Crippen LogP contribution is -2.15. The van der Waals surface area contributed by atoms with Crippen molar-refractivity contribution in [3.63, 3.8) is 0 Å². The molecule has 70 valence electrons. The Labute approximate surface area is 73.7 Å². The standard InChI is InChI=1S/C9H16O3/c1-3-4-5-6-9(10)7-12-8-11-2/h9-10H,5-8H2,1-2H3/t9-/m0/s1. The Morgan fingerprint density at radius 2 is 2.25 bits per heavy atom. The van der Waals surface area contributed by atoms with E-state index in [0.717, 1.165) is 0 Å². The van der Waals surface area contributed by atoms with E-state index in [0.29, 0.717) is 19.4 Å². The molecule has 0 fully saturated rings. The van der Waals surface area contributed by atoms with Gasteiger partial charge in [-0.15, -0.1) is 11.8 Å². The minimum absolute atomic E-state index is 0.233. The van der Waals surface area contributed by atoms with E-state index in [1.165, 1.54) is 0 Å². The Bertz CT molecular complexity index is 146. The molecule has 0 rings (SSSR count). The number of hydrogen-bond acceptors (Lipinski definition) is 3. The molecule has 0 saturated carbocycles. The summed E-state index contributed by atoms with van der Waals surface area (Å²) in [4.78, 5) is 0. The highest BCUT2D eigenvalue weighted by Crippen LogP contribution is 1.96. The summed E-state index contributed by atoms with van der Waals surface area (Å²) in [5.74, 6) is 5.64. The highest BCUT2D eigenvalue weighted by Gasteiger charge is 2.01. The molecule has 1 atom stereocenters. The summed E-state index contributed by atoms with van der Waals surface area (Å²) in [5.41, 5.74) is 0. The second kappa shape index (κ2) is 8.54. The van der Waals surface area contributed by atoms with Gasteiger partial charge in [0.2, 0.25) is 0 Å². The van der Waals surface area contributed by atoms with Crippen LogP contribution in [0.1, 0.15) is 19.8 Å². The van der Waals surface area contributed by atoms with Crippen LogP contribution >= 0.6 is 0 Å². The van der Waals surface area contributed by atoms with Gasteiger partial charge in [0.05, 0.1) is 12.7 Å². The highest BCUT2D eigenvalue weighted by molar-refractivity contribution is 4.94. The molecule has 0 radical (unpaired) electrons. The van der Waals surface area contributed by atoms with Crippen LogP contribution in [-0.4, -0.2) is 31.7 Å². The predicted octanol–water partition coefficient (Wildman–Crippen LogP) is 0.771. The van der Waals surface area contributed by atoms with Crippen LogP contribution in [0.25, 0.3) is 0 Å². The van der Waals surface area contributed by atoms with Crippen molar-refractivity contribution in [2.45, 2.75) is 25.9 Å². The molecular formula is C9H16O3. The Morgan fingerprint density at radius 1 is 1.50 bits per heavy atom. The summed E-state index contributed by atoms with van der Waals surface area (Å²) in [6, 6.07) is 0. The van der Waals surface area contributed by atoms with E-state index < -0.39 is 6.10 Å². The van der Waals surface area contributed by atoms with Gasteiger partial charge in [0, 0.05) is 13.5 Å². The van der Waals surface area contributed by atoms with E-state index in [9.17, 15) is 5.11 Å². The van der Waals surface area contributed by atoms with E-state index in [-0.39, 0.29) is 6.79 Å². The average Bonchev–Trinajstić information content (AvgIpc) is 2.06. The maximum atomic E-state index is 9.25. The molecule has 0 aromatic heterocycles. The maximum absolute atomic E-state index is 9.25. The van der Waals surface area contributed by atoms with Gasteiger partial charge in [0.1, 0.15) is 6.79 Å². The molecule has 0 unspecified atom stereocenters. The van der Waals surface area contributed by atoms with Crippen molar-refractivity contribution in [2.75, 3.05) is 20.5 Å². The number of methoxy groups -OCH3 is 1. The molecule has 0 saturated heterocycles. The Morgan fingerprint density at radius 3 is 2.83 bits per heavy atom. The van der Waals surface area contributed by atoms with Gasteiger partial charge in [-0.3, -0.25) is 0 Å². The summed E-state index contributed by atoms with van der Waals surface area (Å²) in [7, 11) is 1.55. The van der Waals surface area contributed by atoms with Gasteiger partial charge in [0.25, 0.3) is 0 Å². The van der Waals surface area contributed by atoms with Gasteiger partial charge in [0.15, 0.2) is 0 Å². The third-order valence-electron chi connectivity index (χ3n) is 1.29. The van der Waals surface area contributed by atoms with Crippen LogP contribution in [0.5, 0.6) is 0 Å². The van der Waals surface area contributed by atoms with Crippen LogP contribution < -0.4 is 0 Å². The first-order valence-corrected chi connectivity index (χ1v) is 3.95. The molecule has 1 N–H and O–H groups in total. The number of aliphatic hydroxyl groups excluding tert-OH is 1. The quantitative estimate of drug-likeness (QED) is 0.365.